The van der Waals surface area contributed by atoms with Crippen molar-refractivity contribution in [3.8, 4) is 0 Å². The zero-order valence-electron chi connectivity index (χ0n) is 4.64. The average Bonchev–Trinajstić information content (AvgIpc) is 1.59. The molecule has 1 aliphatic rings. The van der Waals surface area contributed by atoms with Gasteiger partial charge in [-0.2, -0.15) is 0 Å². The highest BCUT2D eigenvalue weighted by molar-refractivity contribution is 6.13. The van der Waals surface area contributed by atoms with Crippen LogP contribution in [0.5, 0.6) is 0 Å². The molecule has 5 heteroatoms. The molecule has 0 radical (unpaired) electrons. The number of carbonyl (C=O) groups excluding carboxylic acids is 1. The Hall–Kier alpha value is -1.39. The van der Waals surface area contributed by atoms with Gasteiger partial charge >= 0.3 is 0 Å². The molecule has 1 amide bonds. The molecule has 0 unspecified atom stereocenters. The fourth-order valence-corrected chi connectivity index (χ4v) is 0.552. The highest BCUT2D eigenvalue weighted by Gasteiger charge is 2.11. The molecule has 0 aromatic rings. The van der Waals surface area contributed by atoms with Crippen molar-refractivity contribution in [3.63, 3.8) is 0 Å². The first-order valence-corrected chi connectivity index (χ1v) is 2.40. The highest BCUT2D eigenvalue weighted by Crippen LogP contribution is 1.88. The second-order valence-corrected chi connectivity index (χ2v) is 1.68. The smallest absolute Gasteiger partial charge is 0.234 e. The van der Waals surface area contributed by atoms with Crippen LogP contribution in [0.4, 0.5) is 0 Å². The van der Waals surface area contributed by atoms with Gasteiger partial charge in [0, 0.05) is 0 Å². The molecule has 4 N–H and O–H groups in total. The molecule has 9 heavy (non-hydrogen) atoms. The Morgan fingerprint density at radius 2 is 2.44 bits per heavy atom. The average molecular weight is 126 g/mol. The first-order chi connectivity index (χ1) is 4.18. The maximum Gasteiger partial charge on any atom is 0.234 e. The van der Waals surface area contributed by atoms with Crippen molar-refractivity contribution < 1.29 is 4.79 Å². The number of hydrogen-bond donors (Lipinski definition) is 3. The lowest BCUT2D eigenvalue weighted by atomic mass is 10.3. The topological polar surface area (TPSA) is 91.3 Å². The quantitative estimate of drug-likeness (QED) is 0.380. The summed E-state index contributed by atoms with van der Waals surface area (Å²) in [5.74, 6) is -0.250. The molecule has 0 aliphatic carbocycles. The number of nitrogens with one attached hydrogen (secondary N) is 2. The van der Waals surface area contributed by atoms with Gasteiger partial charge in [0.25, 0.3) is 0 Å². The van der Waals surface area contributed by atoms with E-state index in [1.165, 1.54) is 0 Å². The molecule has 5 nitrogen and oxygen atoms in total. The molecular weight excluding hydrogens is 120 g/mol. The molecule has 0 atom stereocenters. The van der Waals surface area contributed by atoms with Crippen LogP contribution >= 0.6 is 0 Å². The summed E-state index contributed by atoms with van der Waals surface area (Å²) in [5, 5.41) is 9.04. The van der Waals surface area contributed by atoms with E-state index in [1.54, 1.807) is 0 Å². The van der Waals surface area contributed by atoms with Gasteiger partial charge < -0.3 is 5.73 Å². The van der Waals surface area contributed by atoms with Gasteiger partial charge in [-0.05, 0) is 0 Å². The number of nitrogens with two attached hydrogens (primary N) is 1. The standard InChI is InChI=1S/C4H6N4O/c5-2-1-3(9)8-4(6)7-2/h1H2,(H4,5,6,7,8,9). The van der Waals surface area contributed by atoms with E-state index in [2.05, 4.69) is 10.3 Å². The third-order valence-electron chi connectivity index (χ3n) is 0.855. The monoisotopic (exact) mass is 126 g/mol. The second kappa shape index (κ2) is 1.85. The Balaban J connectivity index is 2.79. The van der Waals surface area contributed by atoms with Crippen molar-refractivity contribution in [2.45, 2.75) is 6.42 Å². The van der Waals surface area contributed by atoms with E-state index in [0.29, 0.717) is 0 Å². The van der Waals surface area contributed by atoms with Crippen molar-refractivity contribution in [3.05, 3.63) is 0 Å². The summed E-state index contributed by atoms with van der Waals surface area (Å²) in [6.07, 6.45) is 0.0996. The van der Waals surface area contributed by atoms with E-state index < -0.39 is 0 Å². The summed E-state index contributed by atoms with van der Waals surface area (Å²) in [6.45, 7) is 0. The Morgan fingerprint density at radius 1 is 1.78 bits per heavy atom. The lowest BCUT2D eigenvalue weighted by Crippen LogP contribution is -2.38. The fourth-order valence-electron chi connectivity index (χ4n) is 0.552. The Labute approximate surface area is 51.5 Å². The molecule has 0 spiro atoms. The SMILES string of the molecule is N=C1N=C(N)CC(=O)N1. The minimum atomic E-state index is -0.271. The van der Waals surface area contributed by atoms with Crippen LogP contribution in [0.15, 0.2) is 4.99 Å². The Bertz CT molecular complexity index is 195. The third kappa shape index (κ3) is 1.25. The van der Waals surface area contributed by atoms with E-state index in [1.807, 2.05) is 0 Å². The molecule has 0 fully saturated rings. The van der Waals surface area contributed by atoms with Crippen LogP contribution in [0.3, 0.4) is 0 Å². The van der Waals surface area contributed by atoms with Crippen LogP contribution in [-0.4, -0.2) is 17.7 Å². The van der Waals surface area contributed by atoms with E-state index in [4.69, 9.17) is 11.1 Å². The molecule has 0 saturated heterocycles. The number of carbonyl (C=O) groups is 1. The Kier molecular flexibility index (Phi) is 1.18. The van der Waals surface area contributed by atoms with Crippen molar-refractivity contribution in [1.29, 1.82) is 5.41 Å². The molecule has 0 aromatic heterocycles. The van der Waals surface area contributed by atoms with Gasteiger partial charge in [0.05, 0.1) is 6.42 Å². The summed E-state index contributed by atoms with van der Waals surface area (Å²) >= 11 is 0. The predicted octanol–water partition coefficient (Wildman–Crippen LogP) is -1.20. The van der Waals surface area contributed by atoms with Crippen LogP contribution in [0.1, 0.15) is 6.42 Å². The predicted molar refractivity (Wildman–Crippen MR) is 32.1 cm³/mol. The molecule has 0 bridgehead atoms. The van der Waals surface area contributed by atoms with Crippen molar-refractivity contribution in [1.82, 2.24) is 5.32 Å². The number of nitrogens with zero attached hydrogens (tertiary/aromatic N) is 1. The molecular formula is C4H6N4O. The summed E-state index contributed by atoms with van der Waals surface area (Å²) in [5.41, 5.74) is 5.16. The maximum atomic E-state index is 10.5. The molecule has 1 heterocycles. The van der Waals surface area contributed by atoms with E-state index in [-0.39, 0.29) is 24.1 Å². The van der Waals surface area contributed by atoms with Gasteiger partial charge in [-0.15, -0.1) is 0 Å². The number of aliphatic imine (C=N–C) groups is 1. The van der Waals surface area contributed by atoms with Crippen molar-refractivity contribution in [2.75, 3.05) is 0 Å². The molecule has 0 aromatic carbocycles. The van der Waals surface area contributed by atoms with E-state index >= 15 is 0 Å². The number of hydrogen-bond acceptors (Lipinski definition) is 3. The third-order valence-corrected chi connectivity index (χ3v) is 0.855. The summed E-state index contributed by atoms with van der Waals surface area (Å²) in [6, 6.07) is 0. The number of rotatable bonds is 0. The van der Waals surface area contributed by atoms with Crippen LogP contribution in [-0.2, 0) is 4.79 Å². The van der Waals surface area contributed by atoms with E-state index in [0.717, 1.165) is 0 Å². The van der Waals surface area contributed by atoms with Crippen LogP contribution in [0.2, 0.25) is 0 Å². The summed E-state index contributed by atoms with van der Waals surface area (Å²) in [4.78, 5) is 14.0. The largest absolute Gasteiger partial charge is 0.387 e. The lowest BCUT2D eigenvalue weighted by molar-refractivity contribution is -0.118. The number of guanidine groups is 1. The number of amidine groups is 1. The molecule has 48 valence electrons. The number of amides is 1. The van der Waals surface area contributed by atoms with Crippen molar-refractivity contribution in [2.24, 2.45) is 10.7 Å². The summed E-state index contributed by atoms with van der Waals surface area (Å²) < 4.78 is 0. The van der Waals surface area contributed by atoms with Crippen LogP contribution in [0, 0.1) is 5.41 Å². The van der Waals surface area contributed by atoms with Gasteiger partial charge in [-0.1, -0.05) is 0 Å². The highest BCUT2D eigenvalue weighted by atomic mass is 16.1. The van der Waals surface area contributed by atoms with Gasteiger partial charge in [-0.3, -0.25) is 15.5 Å². The minimum Gasteiger partial charge on any atom is -0.387 e. The normalized spacial score (nSPS) is 18.9. The van der Waals surface area contributed by atoms with Gasteiger partial charge in [0.15, 0.2) is 0 Å². The van der Waals surface area contributed by atoms with Crippen LogP contribution in [0.25, 0.3) is 0 Å². The minimum absolute atomic E-state index is 0.0996. The zero-order valence-corrected chi connectivity index (χ0v) is 4.64. The van der Waals surface area contributed by atoms with Crippen LogP contribution < -0.4 is 11.1 Å². The van der Waals surface area contributed by atoms with Gasteiger partial charge in [0.2, 0.25) is 11.9 Å². The molecule has 1 rings (SSSR count). The lowest BCUT2D eigenvalue weighted by Gasteiger charge is -2.07. The fraction of sp³-hybridized carbons (Fsp3) is 0.250. The Morgan fingerprint density at radius 3 is 2.89 bits per heavy atom. The molecule has 0 saturated carbocycles. The van der Waals surface area contributed by atoms with Crippen molar-refractivity contribution >= 4 is 17.7 Å². The van der Waals surface area contributed by atoms with E-state index in [9.17, 15) is 4.79 Å². The van der Waals surface area contributed by atoms with Gasteiger partial charge in [-0.25, -0.2) is 4.99 Å². The maximum absolute atomic E-state index is 10.5. The summed E-state index contributed by atoms with van der Waals surface area (Å²) in [7, 11) is 0. The first-order valence-electron chi connectivity index (χ1n) is 2.40. The first kappa shape index (κ1) is 5.74. The zero-order chi connectivity index (χ0) is 6.85. The second-order valence-electron chi connectivity index (χ2n) is 1.68. The van der Waals surface area contributed by atoms with Gasteiger partial charge in [0.1, 0.15) is 5.84 Å². The molecule has 1 aliphatic heterocycles.